The molecule has 0 saturated carbocycles. The molecule has 0 aliphatic carbocycles. The van der Waals surface area contributed by atoms with Crippen molar-refractivity contribution in [3.8, 4) is 5.75 Å². The summed E-state index contributed by atoms with van der Waals surface area (Å²) in [6, 6.07) is 6.56. The van der Waals surface area contributed by atoms with Crippen molar-refractivity contribution in [2.45, 2.75) is 91.3 Å². The van der Waals surface area contributed by atoms with Crippen molar-refractivity contribution in [3.05, 3.63) is 35.6 Å². The average Bonchev–Trinajstić information content (AvgIpc) is 2.51. The largest absolute Gasteiger partial charge is 0.543 e. The molecule has 0 amide bonds. The molecule has 0 aliphatic heterocycles. The smallest absolute Gasteiger partial charge is 0.258 e. The fourth-order valence-electron chi connectivity index (χ4n) is 4.17. The van der Waals surface area contributed by atoms with Crippen molar-refractivity contribution in [1.29, 1.82) is 0 Å². The molecule has 0 unspecified atom stereocenters. The molecule has 1 aromatic rings. The van der Waals surface area contributed by atoms with E-state index in [1.807, 2.05) is 6.92 Å². The maximum Gasteiger partial charge on any atom is 0.258 e. The minimum atomic E-state index is -1.94. The van der Waals surface area contributed by atoms with Crippen LogP contribution in [0.1, 0.15) is 80.4 Å². The zero-order chi connectivity index (χ0) is 20.1. The van der Waals surface area contributed by atoms with Crippen LogP contribution in [0.15, 0.2) is 24.5 Å². The van der Waals surface area contributed by atoms with Crippen LogP contribution in [0.4, 0.5) is 0 Å². The van der Waals surface area contributed by atoms with E-state index in [1.54, 1.807) is 6.26 Å². The first-order valence-corrected chi connectivity index (χ1v) is 12.2. The summed E-state index contributed by atoms with van der Waals surface area (Å²) in [4.78, 5) is 0. The van der Waals surface area contributed by atoms with Gasteiger partial charge in [-0.15, -0.1) is 0 Å². The zero-order valence-corrected chi connectivity index (χ0v) is 19.6. The molecule has 1 aromatic carbocycles. The van der Waals surface area contributed by atoms with E-state index in [0.29, 0.717) is 23.2 Å². The third-order valence-electron chi connectivity index (χ3n) is 5.34. The van der Waals surface area contributed by atoms with Gasteiger partial charge in [-0.25, -0.2) is 0 Å². The van der Waals surface area contributed by atoms with E-state index in [4.69, 9.17) is 9.16 Å². The molecule has 0 spiro atoms. The highest BCUT2D eigenvalue weighted by atomic mass is 28.4. The lowest BCUT2D eigenvalue weighted by molar-refractivity contribution is 0.272. The van der Waals surface area contributed by atoms with Gasteiger partial charge in [0.05, 0.1) is 12.9 Å². The summed E-state index contributed by atoms with van der Waals surface area (Å²) >= 11 is 0. The number of rotatable bonds is 8. The lowest BCUT2D eigenvalue weighted by atomic mass is 9.83. The minimum absolute atomic E-state index is 0.0446. The second-order valence-corrected chi connectivity index (χ2v) is 14.6. The number of hydrogen-bond acceptors (Lipinski definition) is 2. The van der Waals surface area contributed by atoms with E-state index in [2.05, 4.69) is 86.6 Å². The van der Waals surface area contributed by atoms with Crippen molar-refractivity contribution >= 4 is 14.4 Å². The molecule has 2 nitrogen and oxygen atoms in total. The highest BCUT2D eigenvalue weighted by Crippen LogP contribution is 2.43. The van der Waals surface area contributed by atoms with Gasteiger partial charge >= 0.3 is 0 Å². The third kappa shape index (κ3) is 5.15. The summed E-state index contributed by atoms with van der Waals surface area (Å²) in [5, 5.41) is 0. The maximum atomic E-state index is 6.89. The Hall–Kier alpha value is -1.22. The molecule has 0 saturated heterocycles. The van der Waals surface area contributed by atoms with E-state index < -0.39 is 8.32 Å². The molecule has 0 heterocycles. The minimum Gasteiger partial charge on any atom is -0.543 e. The van der Waals surface area contributed by atoms with E-state index in [9.17, 15) is 0 Å². The first kappa shape index (κ1) is 22.8. The van der Waals surface area contributed by atoms with Gasteiger partial charge in [0.25, 0.3) is 8.32 Å². The van der Waals surface area contributed by atoms with Crippen LogP contribution < -0.4 is 4.43 Å². The molecular formula is C23H40O2Si. The predicted molar refractivity (Wildman–Crippen MR) is 117 cm³/mol. The first-order valence-electron chi connectivity index (χ1n) is 10.1. The summed E-state index contributed by atoms with van der Waals surface area (Å²) in [5.74, 6) is 1.02. The molecule has 0 N–H and O–H groups in total. The highest BCUT2D eigenvalue weighted by molar-refractivity contribution is 6.78. The number of benzene rings is 1. The Labute approximate surface area is 163 Å². The lowest BCUT2D eigenvalue weighted by Gasteiger charge is -2.42. The Balaban J connectivity index is 3.37. The second-order valence-electron chi connectivity index (χ2n) is 9.18. The average molecular weight is 377 g/mol. The van der Waals surface area contributed by atoms with Gasteiger partial charge in [0.1, 0.15) is 5.75 Å². The summed E-state index contributed by atoms with van der Waals surface area (Å²) in [5.41, 5.74) is 4.24. The molecule has 1 rings (SSSR count). The van der Waals surface area contributed by atoms with E-state index >= 15 is 0 Å². The molecule has 0 aromatic heterocycles. The summed E-state index contributed by atoms with van der Waals surface area (Å²) < 4.78 is 12.3. The molecule has 0 atom stereocenters. The molecule has 26 heavy (non-hydrogen) atoms. The standard InChI is InChI=1S/C23H40O2Si/c1-11-24-15-14-20-12-13-21(16-22(20)23(8,9)10)25-26(17(2)3,18(4)5)19(6)7/h12-19H,11H2,1-10H3. The van der Waals surface area contributed by atoms with Crippen molar-refractivity contribution in [2.24, 2.45) is 0 Å². The molecule has 0 aliphatic rings. The van der Waals surface area contributed by atoms with E-state index in [-0.39, 0.29) is 5.41 Å². The molecule has 0 fully saturated rings. The number of hydrogen-bond donors (Lipinski definition) is 0. The van der Waals surface area contributed by atoms with Crippen LogP contribution in [-0.2, 0) is 10.2 Å². The normalized spacial score (nSPS) is 13.3. The van der Waals surface area contributed by atoms with Gasteiger partial charge in [0.15, 0.2) is 0 Å². The molecular weight excluding hydrogens is 336 g/mol. The predicted octanol–water partition coefficient (Wildman–Crippen LogP) is 7.55. The van der Waals surface area contributed by atoms with Crippen LogP contribution in [0.5, 0.6) is 5.75 Å². The third-order valence-corrected chi connectivity index (χ3v) is 11.3. The monoisotopic (exact) mass is 376 g/mol. The second kappa shape index (κ2) is 9.12. The van der Waals surface area contributed by atoms with Crippen molar-refractivity contribution in [1.82, 2.24) is 0 Å². The van der Waals surface area contributed by atoms with Crippen LogP contribution in [-0.4, -0.2) is 14.9 Å². The topological polar surface area (TPSA) is 18.5 Å². The van der Waals surface area contributed by atoms with Gasteiger partial charge in [-0.2, -0.15) is 0 Å². The van der Waals surface area contributed by atoms with Gasteiger partial charge in [-0.1, -0.05) is 68.4 Å². The molecule has 148 valence electrons. The van der Waals surface area contributed by atoms with Crippen molar-refractivity contribution < 1.29 is 9.16 Å². The Kier molecular flexibility index (Phi) is 8.00. The molecule has 0 bridgehead atoms. The van der Waals surface area contributed by atoms with Crippen molar-refractivity contribution in [3.63, 3.8) is 0 Å². The van der Waals surface area contributed by atoms with Gasteiger partial charge < -0.3 is 9.16 Å². The fourth-order valence-corrected chi connectivity index (χ4v) is 9.41. The van der Waals surface area contributed by atoms with Gasteiger partial charge in [0, 0.05) is 0 Å². The van der Waals surface area contributed by atoms with Gasteiger partial charge in [-0.3, -0.25) is 0 Å². The number of ether oxygens (including phenoxy) is 1. The summed E-state index contributed by atoms with van der Waals surface area (Å²) in [7, 11) is -1.94. The lowest BCUT2D eigenvalue weighted by Crippen LogP contribution is -2.50. The Morgan fingerprint density at radius 2 is 1.50 bits per heavy atom. The van der Waals surface area contributed by atoms with Crippen LogP contribution >= 0.6 is 0 Å². The Bertz CT molecular complexity index is 573. The SMILES string of the molecule is CCOC=Cc1ccc(O[Si](C(C)C)(C(C)C)C(C)C)cc1C(C)(C)C. The van der Waals surface area contributed by atoms with Crippen LogP contribution in [0.3, 0.4) is 0 Å². The van der Waals surface area contributed by atoms with Crippen molar-refractivity contribution in [2.75, 3.05) is 6.61 Å². The molecule has 0 radical (unpaired) electrons. The van der Waals surface area contributed by atoms with Gasteiger partial charge in [0.2, 0.25) is 0 Å². The molecule has 3 heteroatoms. The van der Waals surface area contributed by atoms with E-state index in [0.717, 1.165) is 5.75 Å². The maximum absolute atomic E-state index is 6.89. The zero-order valence-electron chi connectivity index (χ0n) is 18.6. The van der Waals surface area contributed by atoms with E-state index in [1.165, 1.54) is 11.1 Å². The quantitative estimate of drug-likeness (QED) is 0.344. The Morgan fingerprint density at radius 3 is 1.92 bits per heavy atom. The van der Waals surface area contributed by atoms with Crippen LogP contribution in [0.25, 0.3) is 6.08 Å². The summed E-state index contributed by atoms with van der Waals surface area (Å²) in [6.45, 7) is 23.4. The first-order chi connectivity index (χ1) is 12.0. The highest BCUT2D eigenvalue weighted by Gasteiger charge is 2.47. The van der Waals surface area contributed by atoms with Crippen LogP contribution in [0, 0.1) is 0 Å². The van der Waals surface area contributed by atoms with Gasteiger partial charge in [-0.05, 0) is 58.3 Å². The van der Waals surface area contributed by atoms with Crippen LogP contribution in [0.2, 0.25) is 16.6 Å². The Morgan fingerprint density at radius 1 is 0.962 bits per heavy atom. The summed E-state index contributed by atoms with van der Waals surface area (Å²) in [6.07, 6.45) is 3.85. The fraction of sp³-hybridized carbons (Fsp3) is 0.652.